The third-order valence-electron chi connectivity index (χ3n) is 5.29. The third-order valence-corrected chi connectivity index (χ3v) is 5.29. The number of hydrogen-bond donors (Lipinski definition) is 0. The van der Waals surface area contributed by atoms with Crippen molar-refractivity contribution in [3.8, 4) is 5.75 Å². The molecule has 4 rings (SSSR count). The van der Waals surface area contributed by atoms with Crippen molar-refractivity contribution in [1.29, 1.82) is 0 Å². The summed E-state index contributed by atoms with van der Waals surface area (Å²) in [5.74, 6) is 0.828. The van der Waals surface area contributed by atoms with Gasteiger partial charge in [0.15, 0.2) is 0 Å². The topological polar surface area (TPSA) is 81.9 Å². The Labute approximate surface area is 174 Å². The highest BCUT2D eigenvalue weighted by Gasteiger charge is 2.26. The highest BCUT2D eigenvalue weighted by Crippen LogP contribution is 2.31. The van der Waals surface area contributed by atoms with E-state index in [-0.39, 0.29) is 11.9 Å². The number of aryl methyl sites for hydroxylation is 2. The van der Waals surface area contributed by atoms with E-state index in [2.05, 4.69) is 5.16 Å². The van der Waals surface area contributed by atoms with Crippen molar-refractivity contribution >= 4 is 17.6 Å². The molecule has 1 aliphatic rings. The maximum atomic E-state index is 13.1. The number of nitrogens with zero attached hydrogens (tertiary/aromatic N) is 2. The Balaban J connectivity index is 1.51. The summed E-state index contributed by atoms with van der Waals surface area (Å²) >= 11 is 0. The predicted octanol–water partition coefficient (Wildman–Crippen LogP) is 3.86. The summed E-state index contributed by atoms with van der Waals surface area (Å²) < 4.78 is 15.8. The summed E-state index contributed by atoms with van der Waals surface area (Å²) in [5, 5.41) is 3.93. The molecule has 1 amide bonds. The summed E-state index contributed by atoms with van der Waals surface area (Å²) in [6.45, 7) is 4.59. The number of carbonyl (C=O) groups is 2. The molecule has 7 nitrogen and oxygen atoms in total. The normalized spacial score (nSPS) is 12.6. The van der Waals surface area contributed by atoms with Gasteiger partial charge < -0.3 is 18.9 Å². The van der Waals surface area contributed by atoms with E-state index in [9.17, 15) is 9.59 Å². The van der Waals surface area contributed by atoms with Gasteiger partial charge in [-0.2, -0.15) is 0 Å². The lowest BCUT2D eigenvalue weighted by Gasteiger charge is -2.18. The monoisotopic (exact) mass is 406 g/mol. The Morgan fingerprint density at radius 2 is 1.97 bits per heavy atom. The van der Waals surface area contributed by atoms with Gasteiger partial charge in [-0.05, 0) is 62.2 Å². The van der Waals surface area contributed by atoms with Gasteiger partial charge in [-0.3, -0.25) is 4.79 Å². The van der Waals surface area contributed by atoms with E-state index < -0.39 is 0 Å². The number of hydrogen-bond acceptors (Lipinski definition) is 6. The van der Waals surface area contributed by atoms with Gasteiger partial charge in [0, 0.05) is 17.8 Å². The first-order chi connectivity index (χ1) is 14.5. The lowest BCUT2D eigenvalue weighted by Crippen LogP contribution is -2.28. The van der Waals surface area contributed by atoms with E-state index in [4.69, 9.17) is 14.0 Å². The molecular weight excluding hydrogens is 384 g/mol. The van der Waals surface area contributed by atoms with Crippen molar-refractivity contribution < 1.29 is 23.6 Å². The zero-order chi connectivity index (χ0) is 21.3. The summed E-state index contributed by atoms with van der Waals surface area (Å²) in [7, 11) is 1.35. The van der Waals surface area contributed by atoms with Crippen LogP contribution in [0.1, 0.15) is 43.3 Å². The molecule has 0 spiro atoms. The smallest absolute Gasteiger partial charge is 0.337 e. The fraction of sp³-hybridized carbons (Fsp3) is 0.261. The minimum Gasteiger partial charge on any atom is -0.489 e. The summed E-state index contributed by atoms with van der Waals surface area (Å²) in [5.41, 5.74) is 4.49. The van der Waals surface area contributed by atoms with Crippen LogP contribution in [0.15, 0.2) is 47.0 Å². The number of esters is 1. The van der Waals surface area contributed by atoms with Crippen LogP contribution in [0, 0.1) is 13.8 Å². The minimum absolute atomic E-state index is 0.109. The first-order valence-electron chi connectivity index (χ1n) is 9.65. The number of aromatic nitrogens is 1. The Bertz CT molecular complexity index is 1100. The van der Waals surface area contributed by atoms with E-state index in [1.165, 1.54) is 7.11 Å². The predicted molar refractivity (Wildman–Crippen MR) is 110 cm³/mol. The molecule has 0 saturated carbocycles. The summed E-state index contributed by atoms with van der Waals surface area (Å²) in [6, 6.07) is 12.4. The molecule has 154 valence electrons. The van der Waals surface area contributed by atoms with Gasteiger partial charge in [-0.25, -0.2) is 4.79 Å². The Hall–Kier alpha value is -3.61. The molecule has 2 aromatic carbocycles. The molecule has 0 unspecified atom stereocenters. The molecule has 0 fully saturated rings. The van der Waals surface area contributed by atoms with E-state index in [1.807, 2.05) is 19.9 Å². The number of amides is 1. The molecule has 0 bridgehead atoms. The molecule has 7 heteroatoms. The average Bonchev–Trinajstić information content (AvgIpc) is 3.33. The fourth-order valence-corrected chi connectivity index (χ4v) is 3.60. The molecule has 0 saturated heterocycles. The van der Waals surface area contributed by atoms with Crippen LogP contribution in [-0.4, -0.2) is 30.7 Å². The molecule has 0 aliphatic carbocycles. The highest BCUT2D eigenvalue weighted by atomic mass is 16.5. The maximum Gasteiger partial charge on any atom is 0.337 e. The van der Waals surface area contributed by atoms with Crippen molar-refractivity contribution in [2.24, 2.45) is 0 Å². The van der Waals surface area contributed by atoms with Crippen LogP contribution in [0.2, 0.25) is 0 Å². The molecule has 1 aromatic heterocycles. The SMILES string of the molecule is COC(=O)c1ccc2c(c1)CCN2C(=O)c1cccc(OCc2c(C)noc2C)c1. The van der Waals surface area contributed by atoms with E-state index >= 15 is 0 Å². The summed E-state index contributed by atoms with van der Waals surface area (Å²) in [4.78, 5) is 26.6. The maximum absolute atomic E-state index is 13.1. The van der Waals surface area contributed by atoms with E-state index in [0.29, 0.717) is 36.4 Å². The van der Waals surface area contributed by atoms with Crippen LogP contribution in [0.25, 0.3) is 0 Å². The molecular formula is C23H22N2O5. The van der Waals surface area contributed by atoms with Crippen molar-refractivity contribution in [2.75, 3.05) is 18.6 Å². The Morgan fingerprint density at radius 1 is 1.13 bits per heavy atom. The average molecular weight is 406 g/mol. The van der Waals surface area contributed by atoms with Gasteiger partial charge in [0.1, 0.15) is 18.1 Å². The van der Waals surface area contributed by atoms with Gasteiger partial charge in [-0.15, -0.1) is 0 Å². The Kier molecular flexibility index (Phi) is 5.27. The van der Waals surface area contributed by atoms with Crippen LogP contribution >= 0.6 is 0 Å². The standard InChI is InChI=1S/C23H22N2O5/c1-14-20(15(2)30-24-14)13-29-19-6-4-5-17(12-19)22(26)25-10-9-16-11-18(23(27)28-3)7-8-21(16)25/h4-8,11-12H,9-10,13H2,1-3H3. The Morgan fingerprint density at radius 3 is 2.70 bits per heavy atom. The van der Waals surface area contributed by atoms with E-state index in [1.54, 1.807) is 41.3 Å². The van der Waals surface area contributed by atoms with E-state index in [0.717, 1.165) is 28.3 Å². The molecule has 2 heterocycles. The van der Waals surface area contributed by atoms with Crippen molar-refractivity contribution in [1.82, 2.24) is 5.16 Å². The van der Waals surface area contributed by atoms with Crippen LogP contribution in [0.5, 0.6) is 5.75 Å². The zero-order valence-corrected chi connectivity index (χ0v) is 17.1. The number of carbonyl (C=O) groups excluding carboxylic acids is 2. The number of benzene rings is 2. The molecule has 1 aliphatic heterocycles. The van der Waals surface area contributed by atoms with Gasteiger partial charge in [0.25, 0.3) is 5.91 Å². The summed E-state index contributed by atoms with van der Waals surface area (Å²) in [6.07, 6.45) is 0.689. The first kappa shape index (κ1) is 19.7. The first-order valence-corrected chi connectivity index (χ1v) is 9.65. The van der Waals surface area contributed by atoms with Crippen LogP contribution in [0.3, 0.4) is 0 Å². The van der Waals surface area contributed by atoms with Gasteiger partial charge in [0.2, 0.25) is 0 Å². The minimum atomic E-state index is -0.384. The van der Waals surface area contributed by atoms with Crippen LogP contribution < -0.4 is 9.64 Å². The molecule has 3 aromatic rings. The molecule has 0 atom stereocenters. The lowest BCUT2D eigenvalue weighted by atomic mass is 10.1. The number of anilines is 1. The van der Waals surface area contributed by atoms with Gasteiger partial charge in [0.05, 0.1) is 23.9 Å². The van der Waals surface area contributed by atoms with Crippen molar-refractivity contribution in [3.05, 3.63) is 76.2 Å². The zero-order valence-electron chi connectivity index (χ0n) is 17.1. The fourth-order valence-electron chi connectivity index (χ4n) is 3.60. The highest BCUT2D eigenvalue weighted by molar-refractivity contribution is 6.07. The van der Waals surface area contributed by atoms with Crippen molar-refractivity contribution in [2.45, 2.75) is 26.9 Å². The number of ether oxygens (including phenoxy) is 2. The molecule has 0 radical (unpaired) electrons. The number of methoxy groups -OCH3 is 1. The molecule has 30 heavy (non-hydrogen) atoms. The largest absolute Gasteiger partial charge is 0.489 e. The van der Waals surface area contributed by atoms with Gasteiger partial charge >= 0.3 is 5.97 Å². The third kappa shape index (κ3) is 3.66. The number of rotatable bonds is 5. The number of fused-ring (bicyclic) bond motifs is 1. The molecule has 0 N–H and O–H groups in total. The van der Waals surface area contributed by atoms with Crippen molar-refractivity contribution in [3.63, 3.8) is 0 Å². The van der Waals surface area contributed by atoms with Crippen LogP contribution in [-0.2, 0) is 17.8 Å². The second-order valence-corrected chi connectivity index (χ2v) is 7.16. The quantitative estimate of drug-likeness (QED) is 0.599. The van der Waals surface area contributed by atoms with Crippen LogP contribution in [0.4, 0.5) is 5.69 Å². The van der Waals surface area contributed by atoms with Gasteiger partial charge in [-0.1, -0.05) is 11.2 Å². The second-order valence-electron chi connectivity index (χ2n) is 7.16. The second kappa shape index (κ2) is 8.02. The lowest BCUT2D eigenvalue weighted by molar-refractivity contribution is 0.0600.